The first kappa shape index (κ1) is 111. The molecule has 44 heteroatoms. The molecular weight excluding hydrogens is 2110 g/mol. The van der Waals surface area contributed by atoms with Gasteiger partial charge in [0.2, 0.25) is 16.0 Å². The number of carbonyl (C=O) groups excluding carboxylic acids is 2. The van der Waals surface area contributed by atoms with Gasteiger partial charge in [-0.2, -0.15) is 9.13 Å². The number of benzene rings is 9. The first-order valence-electron chi connectivity index (χ1n) is 40.9. The summed E-state index contributed by atoms with van der Waals surface area (Å²) in [6.07, 6.45) is 10.4. The van der Waals surface area contributed by atoms with Gasteiger partial charge >= 0.3 is 268 Å². The third kappa shape index (κ3) is 30.7. The Labute approximate surface area is 897 Å². The van der Waals surface area contributed by atoms with Crippen LogP contribution in [-0.4, -0.2) is 198 Å². The summed E-state index contributed by atoms with van der Waals surface area (Å²) in [5, 5.41) is 89.4. The number of hydrogen-bond acceptors (Lipinski definition) is 36. The summed E-state index contributed by atoms with van der Waals surface area (Å²) in [7, 11) is 11.1. The van der Waals surface area contributed by atoms with Gasteiger partial charge in [0.15, 0.2) is 33.9 Å². The summed E-state index contributed by atoms with van der Waals surface area (Å²) in [4.78, 5) is 41.5. The van der Waals surface area contributed by atoms with Crippen molar-refractivity contribution in [3.05, 3.63) is 196 Å². The molecule has 0 atom stereocenters. The minimum absolute atomic E-state index is 0. The fraction of sp³-hybridized carbons (Fsp3) is 0.292. The molecule has 133 heavy (non-hydrogen) atoms. The molecule has 0 saturated heterocycles. The normalized spacial score (nSPS) is 10.6. The number of fused-ring (bicyclic) bond motifs is 9. The number of likely N-dealkylation sites (N-methyl/N-ethyl adjacent to an activating group) is 3. The van der Waals surface area contributed by atoms with Crippen LogP contribution >= 0.6 is 72.5 Å². The third-order valence-corrected chi connectivity index (χ3v) is 25.4. The number of nitrogen functional groups attached to an aromatic ring is 1. The summed E-state index contributed by atoms with van der Waals surface area (Å²) < 4.78 is 41.1. The second kappa shape index (κ2) is 60.1. The van der Waals surface area contributed by atoms with Crippen molar-refractivity contribution < 1.29 is 212 Å². The van der Waals surface area contributed by atoms with Crippen LogP contribution in [0.25, 0.3) is 121 Å². The van der Waals surface area contributed by atoms with E-state index in [1.807, 2.05) is 114 Å². The van der Waals surface area contributed by atoms with E-state index < -0.39 is 0 Å². The Morgan fingerprint density at radius 1 is 0.481 bits per heavy atom. The molecule has 0 unspecified atom stereocenters. The van der Waals surface area contributed by atoms with E-state index in [2.05, 4.69) is 304 Å². The number of nitrogens with one attached hydrogen (secondary N) is 1. The van der Waals surface area contributed by atoms with Crippen molar-refractivity contribution in [1.82, 2.24) is 61.9 Å². The number of carbonyl (C=O) groups is 2. The van der Waals surface area contributed by atoms with Crippen LogP contribution < -0.4 is 174 Å². The Hall–Kier alpha value is -8.56. The van der Waals surface area contributed by atoms with Crippen LogP contribution in [-0.2, 0) is 39.1 Å². The number of anilines is 6. The van der Waals surface area contributed by atoms with E-state index in [1.165, 1.54) is 52.1 Å². The zero-order valence-electron chi connectivity index (χ0n) is 77.1. The number of aldehydes is 1. The minimum atomic E-state index is -0.181. The maximum absolute atomic E-state index is 10.8. The number of aryl methyl sites for hydroxylation is 4. The number of thiazole rings is 3. The molecule has 0 aliphatic carbocycles. The van der Waals surface area contributed by atoms with Crippen LogP contribution in [0.5, 0.6) is 0 Å². The van der Waals surface area contributed by atoms with Gasteiger partial charge in [0, 0.05) is 95.5 Å². The molecule has 694 valence electrons. The third-order valence-electron chi connectivity index (χ3n) is 19.3. The fourth-order valence-electron chi connectivity index (χ4n) is 13.0. The zero-order valence-corrected chi connectivity index (χ0v) is 90.7. The molecule has 0 bridgehead atoms. The summed E-state index contributed by atoms with van der Waals surface area (Å²) in [5.74, 6) is 0. The molecule has 0 aliphatic heterocycles. The topological polar surface area (TPSA) is 442 Å². The van der Waals surface area contributed by atoms with Crippen molar-refractivity contribution >= 4 is 241 Å². The molecule has 0 saturated carbocycles. The van der Waals surface area contributed by atoms with Gasteiger partial charge in [-0.1, -0.05) is 129 Å². The van der Waals surface area contributed by atoms with Crippen molar-refractivity contribution in [2.45, 2.75) is 60.7 Å². The van der Waals surface area contributed by atoms with Crippen LogP contribution in [0.2, 0.25) is 0 Å². The van der Waals surface area contributed by atoms with Gasteiger partial charge in [-0.25, -0.2) is 23.1 Å². The number of nitrogens with two attached hydrogens (primary N) is 1. The molecule has 0 fully saturated rings. The number of rotatable bonds is 27. The standard InChI is InChI=1S/C22H25IN4O3S.C20H21N4O2S.C10H11N3O3.C10H12NS.C9H11N3O2.C7H7N3O.C6H5N3O.C3H7Br.CH3I.CH2O3.2K.H/c1-4-27-17-7-5-6-8-19(17)31-20(27)12-10-16-9-11-18(22-21(16)24-30-25-22)26(2)14-13-23-15-29-28-3;1-3-24-15-6-4-5-7-17(15)27-18(24)11-9-14-8-10-16(23(2)12-13-25)20-19(14)21-26-22-20;1-13(4-5-14)8-3-2-7(6-15)9-10(8)12-16-11-9;1-3-11-8(2)12-10-7-5-4-6-9(10)11;1-12(5-6-13)8-4-2-3-7-9(8)11-14-10-7;1-8-5-3-2-4-6-7(5)10-11-9-6;7-4-2-1-3-5-6(4)9-10-8-5;1-2-3-4;1-2;2-1-4-3;;;/h5-12H,4,13-15H2,1-3H3;4-11,25H,3,12-13H2,1-2H3;2-3,6,14H,4-5H2,1H3;4-7H,3H2,1-2H3;2-4,13H,5-6H2,1H3;2-4,8H,1H3;1-3H,7H2;2-3H2,1H3;1H3;1,3H;;;/q;+1;;+1;;;;;;;2*+1;-1/p-1. The average Bonchev–Trinajstić information content (AvgIpc) is 1.64. The molecular formula is C89H104BrI2K2N21O15S3+2. The zero-order chi connectivity index (χ0) is 94.0. The van der Waals surface area contributed by atoms with Crippen LogP contribution in [0.15, 0.2) is 192 Å². The monoisotopic (exact) mass is 2210 g/mol. The van der Waals surface area contributed by atoms with Crippen molar-refractivity contribution in [3.8, 4) is 0 Å². The van der Waals surface area contributed by atoms with Crippen LogP contribution in [0.3, 0.4) is 0 Å². The molecule has 0 spiro atoms. The van der Waals surface area contributed by atoms with Gasteiger partial charge in [0.05, 0.1) is 48.3 Å². The molecule has 9 aromatic heterocycles. The maximum atomic E-state index is 10.8. The molecule has 36 nitrogen and oxygen atoms in total. The Balaban J connectivity index is 0.000000243. The van der Waals surface area contributed by atoms with Gasteiger partial charge in [-0.15, -0.1) is 0 Å². The van der Waals surface area contributed by atoms with Gasteiger partial charge in [0.25, 0.3) is 11.5 Å². The van der Waals surface area contributed by atoms with Gasteiger partial charge in [-0.3, -0.25) is 9.59 Å². The van der Waals surface area contributed by atoms with Gasteiger partial charge < -0.3 is 52.6 Å². The Kier molecular flexibility index (Phi) is 50.4. The van der Waals surface area contributed by atoms with E-state index >= 15 is 0 Å². The molecule has 0 radical (unpaired) electrons. The van der Waals surface area contributed by atoms with Gasteiger partial charge in [-0.05, 0) is 163 Å². The van der Waals surface area contributed by atoms with E-state index in [9.17, 15) is 9.90 Å². The number of aliphatic hydroxyl groups excluding tert-OH is 3. The predicted octanol–water partition coefficient (Wildman–Crippen LogP) is 5.42. The molecule has 0 amide bonds. The molecule has 18 rings (SSSR count). The van der Waals surface area contributed by atoms with Gasteiger partial charge in [0.1, 0.15) is 50.1 Å². The number of para-hydroxylation sites is 3. The van der Waals surface area contributed by atoms with Crippen LogP contribution in [0.4, 0.5) is 34.1 Å². The van der Waals surface area contributed by atoms with E-state index in [-0.39, 0.29) is 152 Å². The number of nitrogens with zero attached hydrogens (tertiary/aromatic N) is 19. The van der Waals surface area contributed by atoms with E-state index in [4.69, 9.17) is 40.1 Å². The minimum Gasteiger partial charge on any atom is -1.00 e. The van der Waals surface area contributed by atoms with Crippen LogP contribution in [0.1, 0.15) is 72.1 Å². The van der Waals surface area contributed by atoms with E-state index in [0.717, 1.165) is 114 Å². The van der Waals surface area contributed by atoms with Crippen molar-refractivity contribution in [1.29, 1.82) is 0 Å². The number of halogens is 3. The quantitative estimate of drug-likeness (QED) is 0.00494. The molecule has 0 aliphatic rings. The number of hydrogen-bond donors (Lipinski definition) is 5. The van der Waals surface area contributed by atoms with E-state index in [0.29, 0.717) is 69.4 Å². The predicted molar refractivity (Wildman–Crippen MR) is 520 cm³/mol. The molecule has 6 N–H and O–H groups in total. The van der Waals surface area contributed by atoms with E-state index in [1.54, 1.807) is 54.0 Å². The van der Waals surface area contributed by atoms with Crippen molar-refractivity contribution in [3.63, 3.8) is 0 Å². The average molecular weight is 2220 g/mol. The molecule has 9 heterocycles. The summed E-state index contributed by atoms with van der Waals surface area (Å²) in [5.41, 5.74) is 25.2. The molecule has 9 aromatic carbocycles. The number of aromatic nitrogens is 15. The Morgan fingerprint density at radius 2 is 0.842 bits per heavy atom. The molecule has 18 aromatic rings. The smallest absolute Gasteiger partial charge is 1.00 e. The second-order valence-electron chi connectivity index (χ2n) is 27.4. The second-order valence-corrected chi connectivity index (χ2v) is 34.3. The fourth-order valence-corrected chi connectivity index (χ4v) is 18.1. The first-order chi connectivity index (χ1) is 64.0. The SMILES string of the molecule is CCCBr.CC[n+]1c(/C=C/c2ccc(N(C)CCO)c3nonc23)sc2ccccc21.CC[n+]1c(/C=C/c2ccc(N(C)CC[I-]COOC)c3nonc23)sc2ccccc21.CC[n+]1c(C)sc2ccccc21.CI.CN(CCO)c1ccc(C=O)c2nonc12.CN(CCO)c1cccc2nonc12.CNc1cccc2nonc12.Nc1cccc2nonc12.O=CO[O-].[H-].[K+].[K+]. The Bertz CT molecular complexity index is 6600. The van der Waals surface area contributed by atoms with Crippen molar-refractivity contribution in [2.24, 2.45) is 0 Å². The number of aliphatic hydroxyl groups is 3. The van der Waals surface area contributed by atoms with Crippen molar-refractivity contribution in [2.75, 3.05) is 138 Å². The summed E-state index contributed by atoms with van der Waals surface area (Å²) in [6.45, 7) is 16.3. The Morgan fingerprint density at radius 3 is 1.26 bits per heavy atom. The first-order valence-corrected chi connectivity index (χ1v) is 49.7. The van der Waals surface area contributed by atoms with Crippen LogP contribution in [0, 0.1) is 6.92 Å². The summed E-state index contributed by atoms with van der Waals surface area (Å²) >= 11 is 10.8. The summed E-state index contributed by atoms with van der Waals surface area (Å²) in [6, 6.07) is 53.8. The number of alkyl halides is 4.